The number of carbonyl (C=O) groups is 2. The number of morpholine rings is 1. The molecule has 2 N–H and O–H groups in total. The highest BCUT2D eigenvalue weighted by atomic mass is 16.5. The third-order valence-electron chi connectivity index (χ3n) is 4.78. The van der Waals surface area contributed by atoms with Crippen LogP contribution >= 0.6 is 0 Å². The number of fused-ring (bicyclic) bond motifs is 1. The number of anilines is 2. The van der Waals surface area contributed by atoms with Gasteiger partial charge in [0.1, 0.15) is 30.8 Å². The van der Waals surface area contributed by atoms with Crippen molar-refractivity contribution in [2.75, 3.05) is 29.9 Å². The molecule has 130 valence electrons. The first kappa shape index (κ1) is 16.9. The Morgan fingerprint density at radius 2 is 1.92 bits per heavy atom. The average molecular weight is 332 g/mol. The molecule has 3 atom stereocenters. The van der Waals surface area contributed by atoms with Gasteiger partial charge in [-0.3, -0.25) is 14.5 Å². The number of amides is 2. The third kappa shape index (κ3) is 3.03. The molecule has 1 aromatic rings. The Bertz CT molecular complexity index is 649. The zero-order valence-electron chi connectivity index (χ0n) is 14.8. The summed E-state index contributed by atoms with van der Waals surface area (Å²) in [5, 5.41) is 2.89. The standard InChI is InChI=1S/C18H25N3O3/c1-12-9-20(10-13(2)24-12)11-16(22)21-15-8-6-5-7-14(15)19-17(23)18(21,3)4/h5-8,12-13H,9-11H2,1-4H3,(H,19,23)/p+1/t12-,13+. The van der Waals surface area contributed by atoms with Crippen molar-refractivity contribution in [3.05, 3.63) is 24.3 Å². The summed E-state index contributed by atoms with van der Waals surface area (Å²) in [4.78, 5) is 28.4. The Morgan fingerprint density at radius 1 is 1.29 bits per heavy atom. The molecular formula is C18H26N3O3+. The number of quaternary nitrogens is 1. The molecule has 2 amide bonds. The van der Waals surface area contributed by atoms with E-state index in [1.165, 1.54) is 4.90 Å². The molecule has 0 aliphatic carbocycles. The van der Waals surface area contributed by atoms with Crippen molar-refractivity contribution in [2.45, 2.75) is 45.4 Å². The number of para-hydroxylation sites is 2. The molecular weight excluding hydrogens is 306 g/mol. The van der Waals surface area contributed by atoms with Crippen LogP contribution in [0.2, 0.25) is 0 Å². The van der Waals surface area contributed by atoms with Gasteiger partial charge < -0.3 is 15.0 Å². The Morgan fingerprint density at radius 3 is 2.58 bits per heavy atom. The summed E-state index contributed by atoms with van der Waals surface area (Å²) in [6, 6.07) is 7.46. The Hall–Kier alpha value is -1.92. The summed E-state index contributed by atoms with van der Waals surface area (Å²) >= 11 is 0. The second-order valence-corrected chi connectivity index (χ2v) is 7.35. The number of rotatable bonds is 2. The molecule has 0 spiro atoms. The number of hydrogen-bond donors (Lipinski definition) is 2. The van der Waals surface area contributed by atoms with Gasteiger partial charge in [0, 0.05) is 0 Å². The fourth-order valence-electron chi connectivity index (χ4n) is 3.72. The molecule has 6 nitrogen and oxygen atoms in total. The van der Waals surface area contributed by atoms with Gasteiger partial charge in [0.15, 0.2) is 6.54 Å². The maximum atomic E-state index is 13.1. The zero-order valence-corrected chi connectivity index (χ0v) is 14.8. The highest BCUT2D eigenvalue weighted by Crippen LogP contribution is 2.36. The Kier molecular flexibility index (Phi) is 4.36. The van der Waals surface area contributed by atoms with Gasteiger partial charge in [0.2, 0.25) is 5.91 Å². The molecule has 0 aromatic heterocycles. The molecule has 1 saturated heterocycles. The highest BCUT2D eigenvalue weighted by molar-refractivity contribution is 6.14. The van der Waals surface area contributed by atoms with E-state index >= 15 is 0 Å². The minimum absolute atomic E-state index is 0.0291. The number of hydrogen-bond acceptors (Lipinski definition) is 3. The van der Waals surface area contributed by atoms with E-state index in [0.717, 1.165) is 18.8 Å². The van der Waals surface area contributed by atoms with Crippen molar-refractivity contribution in [3.63, 3.8) is 0 Å². The van der Waals surface area contributed by atoms with Crippen LogP contribution in [-0.2, 0) is 14.3 Å². The summed E-state index contributed by atoms with van der Waals surface area (Å²) in [5.41, 5.74) is 0.545. The van der Waals surface area contributed by atoms with Crippen LogP contribution in [0.5, 0.6) is 0 Å². The van der Waals surface area contributed by atoms with Crippen LogP contribution in [0.15, 0.2) is 24.3 Å². The lowest BCUT2D eigenvalue weighted by molar-refractivity contribution is -0.907. The second kappa shape index (κ2) is 6.18. The van der Waals surface area contributed by atoms with E-state index in [1.54, 1.807) is 18.7 Å². The van der Waals surface area contributed by atoms with E-state index in [1.807, 2.05) is 38.1 Å². The van der Waals surface area contributed by atoms with Gasteiger partial charge in [-0.15, -0.1) is 0 Å². The molecule has 0 saturated carbocycles. The number of carbonyl (C=O) groups excluding carboxylic acids is 2. The molecule has 24 heavy (non-hydrogen) atoms. The summed E-state index contributed by atoms with van der Waals surface area (Å²) < 4.78 is 5.75. The van der Waals surface area contributed by atoms with E-state index in [4.69, 9.17) is 4.74 Å². The molecule has 1 aromatic carbocycles. The topological polar surface area (TPSA) is 63.1 Å². The monoisotopic (exact) mass is 332 g/mol. The van der Waals surface area contributed by atoms with Crippen LogP contribution in [0, 0.1) is 0 Å². The first-order valence-electron chi connectivity index (χ1n) is 8.51. The Balaban J connectivity index is 1.86. The first-order chi connectivity index (χ1) is 11.3. The van der Waals surface area contributed by atoms with Crippen molar-refractivity contribution >= 4 is 23.2 Å². The van der Waals surface area contributed by atoms with E-state index in [0.29, 0.717) is 12.2 Å². The summed E-state index contributed by atoms with van der Waals surface area (Å²) in [7, 11) is 0. The molecule has 0 bridgehead atoms. The van der Waals surface area contributed by atoms with Crippen LogP contribution in [0.4, 0.5) is 11.4 Å². The van der Waals surface area contributed by atoms with Crippen LogP contribution in [0.3, 0.4) is 0 Å². The van der Waals surface area contributed by atoms with Crippen molar-refractivity contribution in [1.29, 1.82) is 0 Å². The largest absolute Gasteiger partial charge is 0.364 e. The zero-order chi connectivity index (χ0) is 17.5. The van der Waals surface area contributed by atoms with Crippen molar-refractivity contribution < 1.29 is 19.2 Å². The summed E-state index contributed by atoms with van der Waals surface area (Å²) in [6.45, 7) is 9.62. The molecule has 3 rings (SSSR count). The third-order valence-corrected chi connectivity index (χ3v) is 4.78. The number of ether oxygens (including phenoxy) is 1. The molecule has 2 aliphatic rings. The fraction of sp³-hybridized carbons (Fsp3) is 0.556. The lowest BCUT2D eigenvalue weighted by atomic mass is 9.96. The normalized spacial score (nSPS) is 28.9. The lowest BCUT2D eigenvalue weighted by Crippen LogP contribution is -3.16. The van der Waals surface area contributed by atoms with E-state index in [2.05, 4.69) is 5.32 Å². The van der Waals surface area contributed by atoms with Gasteiger partial charge in [-0.2, -0.15) is 0 Å². The highest BCUT2D eigenvalue weighted by Gasteiger charge is 2.44. The molecule has 1 fully saturated rings. The predicted octanol–water partition coefficient (Wildman–Crippen LogP) is 0.442. The van der Waals surface area contributed by atoms with Gasteiger partial charge in [-0.05, 0) is 39.8 Å². The van der Waals surface area contributed by atoms with E-state index < -0.39 is 5.54 Å². The van der Waals surface area contributed by atoms with Crippen molar-refractivity contribution in [2.24, 2.45) is 0 Å². The number of benzene rings is 1. The molecule has 1 unspecified atom stereocenters. The molecule has 2 aliphatic heterocycles. The maximum absolute atomic E-state index is 13.1. The maximum Gasteiger partial charge on any atom is 0.283 e. The van der Waals surface area contributed by atoms with E-state index in [9.17, 15) is 9.59 Å². The molecule has 0 radical (unpaired) electrons. The smallest absolute Gasteiger partial charge is 0.283 e. The minimum atomic E-state index is -0.908. The molecule has 2 heterocycles. The number of nitrogens with one attached hydrogen (secondary N) is 2. The van der Waals surface area contributed by atoms with Gasteiger partial charge in [0.05, 0.1) is 11.4 Å². The first-order valence-corrected chi connectivity index (χ1v) is 8.51. The fourth-order valence-corrected chi connectivity index (χ4v) is 3.72. The SMILES string of the molecule is C[C@@H]1C[NH+](CC(=O)N2c3ccccc3NC(=O)C2(C)C)C[C@H](C)O1. The average Bonchev–Trinajstić information content (AvgIpc) is 2.46. The van der Waals surface area contributed by atoms with Gasteiger partial charge >= 0.3 is 0 Å². The summed E-state index contributed by atoms with van der Waals surface area (Å²) in [6.07, 6.45) is 0.281. The summed E-state index contributed by atoms with van der Waals surface area (Å²) in [5.74, 6) is -0.188. The second-order valence-electron chi connectivity index (χ2n) is 7.35. The number of nitrogens with zero attached hydrogens (tertiary/aromatic N) is 1. The van der Waals surface area contributed by atoms with Crippen LogP contribution in [-0.4, -0.2) is 49.2 Å². The van der Waals surface area contributed by atoms with E-state index in [-0.39, 0.29) is 24.0 Å². The van der Waals surface area contributed by atoms with Crippen LogP contribution in [0.25, 0.3) is 0 Å². The Labute approximate surface area is 142 Å². The van der Waals surface area contributed by atoms with Gasteiger partial charge in [-0.25, -0.2) is 0 Å². The van der Waals surface area contributed by atoms with Gasteiger partial charge in [-0.1, -0.05) is 12.1 Å². The quantitative estimate of drug-likeness (QED) is 0.826. The van der Waals surface area contributed by atoms with Crippen molar-refractivity contribution in [3.8, 4) is 0 Å². The predicted molar refractivity (Wildman–Crippen MR) is 92.2 cm³/mol. The minimum Gasteiger partial charge on any atom is -0.364 e. The van der Waals surface area contributed by atoms with Crippen LogP contribution in [0.1, 0.15) is 27.7 Å². The van der Waals surface area contributed by atoms with Crippen molar-refractivity contribution in [1.82, 2.24) is 0 Å². The van der Waals surface area contributed by atoms with Gasteiger partial charge in [0.25, 0.3) is 5.91 Å². The molecule has 6 heteroatoms. The lowest BCUT2D eigenvalue weighted by Gasteiger charge is -2.42. The van der Waals surface area contributed by atoms with Crippen LogP contribution < -0.4 is 15.1 Å².